The van der Waals surface area contributed by atoms with Crippen molar-refractivity contribution in [3.05, 3.63) is 35.3 Å². The lowest BCUT2D eigenvalue weighted by atomic mass is 9.87. The molecule has 1 fully saturated rings. The van der Waals surface area contributed by atoms with Crippen molar-refractivity contribution < 1.29 is 0 Å². The molecule has 4 aliphatic rings. The van der Waals surface area contributed by atoms with Crippen molar-refractivity contribution >= 4 is 12.3 Å². The van der Waals surface area contributed by atoms with Gasteiger partial charge in [0.25, 0.3) is 0 Å². The average molecular weight is 299 g/mol. The molecule has 1 saturated heterocycles. The van der Waals surface area contributed by atoms with Crippen molar-refractivity contribution in [3.8, 4) is 0 Å². The standard InChI is InChI=1S/C15H21N7/c16-14-19-13-11-3-4-15(17,5-8-21-6-1-2-7-21)9-12(11)18-10-22(13)20-14/h3-4,9-10H,1-2,5-8,17H2,(H3,16,19,20). The Morgan fingerprint density at radius 2 is 2.14 bits per heavy atom. The van der Waals surface area contributed by atoms with Crippen LogP contribution < -0.4 is 16.8 Å². The number of nitrogens with two attached hydrogens (primary N) is 2. The molecule has 3 heterocycles. The van der Waals surface area contributed by atoms with Crippen molar-refractivity contribution in [1.82, 2.24) is 15.2 Å². The van der Waals surface area contributed by atoms with Crippen LogP contribution in [0.25, 0.3) is 0 Å². The molecule has 0 radical (unpaired) electrons. The van der Waals surface area contributed by atoms with Crippen LogP contribution in [0.5, 0.6) is 0 Å². The van der Waals surface area contributed by atoms with E-state index in [0.717, 1.165) is 30.1 Å². The lowest BCUT2D eigenvalue weighted by molar-refractivity contribution is 0.315. The smallest absolute Gasteiger partial charge is 0.217 e. The van der Waals surface area contributed by atoms with Crippen molar-refractivity contribution in [1.29, 1.82) is 0 Å². The van der Waals surface area contributed by atoms with Crippen LogP contribution in [0, 0.1) is 0 Å². The van der Waals surface area contributed by atoms with E-state index >= 15 is 0 Å². The van der Waals surface area contributed by atoms with Gasteiger partial charge in [0.05, 0.1) is 11.2 Å². The number of nitrogens with zero attached hydrogens (tertiary/aromatic N) is 4. The molecule has 7 heteroatoms. The fourth-order valence-corrected chi connectivity index (χ4v) is 3.29. The van der Waals surface area contributed by atoms with Crippen LogP contribution in [0.15, 0.2) is 45.4 Å². The minimum Gasteiger partial charge on any atom is -0.368 e. The second-order valence-corrected chi connectivity index (χ2v) is 6.24. The van der Waals surface area contributed by atoms with Gasteiger partial charge in [0.1, 0.15) is 12.2 Å². The molecule has 22 heavy (non-hydrogen) atoms. The van der Waals surface area contributed by atoms with Crippen molar-refractivity contribution in [2.75, 3.05) is 19.6 Å². The van der Waals surface area contributed by atoms with Gasteiger partial charge in [0.15, 0.2) is 0 Å². The first-order valence-electron chi connectivity index (χ1n) is 7.75. The molecule has 3 aliphatic heterocycles. The Hall–Kier alpha value is -2.12. The highest BCUT2D eigenvalue weighted by atomic mass is 15.6. The number of aliphatic imine (C=N–C) groups is 1. The Morgan fingerprint density at radius 3 is 2.95 bits per heavy atom. The largest absolute Gasteiger partial charge is 0.368 e. The Morgan fingerprint density at radius 1 is 1.32 bits per heavy atom. The molecular weight excluding hydrogens is 278 g/mol. The molecule has 0 bridgehead atoms. The van der Waals surface area contributed by atoms with Gasteiger partial charge in [-0.2, -0.15) is 0 Å². The van der Waals surface area contributed by atoms with Crippen LogP contribution >= 0.6 is 0 Å². The zero-order chi connectivity index (χ0) is 15.2. The fourth-order valence-electron chi connectivity index (χ4n) is 3.29. The molecule has 0 spiro atoms. The van der Waals surface area contributed by atoms with Gasteiger partial charge in [0.2, 0.25) is 5.96 Å². The minimum atomic E-state index is -0.438. The number of hydrazone groups is 1. The number of allylic oxidation sites excluding steroid dienone is 1. The first-order valence-corrected chi connectivity index (χ1v) is 7.75. The molecule has 5 N–H and O–H groups in total. The zero-order valence-electron chi connectivity index (χ0n) is 12.5. The van der Waals surface area contributed by atoms with Gasteiger partial charge in [-0.15, -0.1) is 5.10 Å². The SMILES string of the molecule is NC1=NN2C=NC3=CC(N)(CCN4CCCC4)C=CC3=C2N1. The summed E-state index contributed by atoms with van der Waals surface area (Å²) < 4.78 is 0. The topological polar surface area (TPSA) is 95.3 Å². The lowest BCUT2D eigenvalue weighted by Crippen LogP contribution is -2.41. The second-order valence-electron chi connectivity index (χ2n) is 6.24. The fraction of sp³-hybridized carbons (Fsp3) is 0.467. The molecule has 1 atom stereocenters. The van der Waals surface area contributed by atoms with E-state index in [1.54, 1.807) is 11.3 Å². The summed E-state index contributed by atoms with van der Waals surface area (Å²) >= 11 is 0. The minimum absolute atomic E-state index is 0.377. The maximum atomic E-state index is 6.53. The second kappa shape index (κ2) is 4.96. The van der Waals surface area contributed by atoms with E-state index in [0.29, 0.717) is 5.96 Å². The lowest BCUT2D eigenvalue weighted by Gasteiger charge is -2.30. The summed E-state index contributed by atoms with van der Waals surface area (Å²) in [6.07, 6.45) is 11.3. The number of rotatable bonds is 3. The van der Waals surface area contributed by atoms with Crippen LogP contribution in [0.2, 0.25) is 0 Å². The maximum Gasteiger partial charge on any atom is 0.217 e. The number of guanidine groups is 1. The van der Waals surface area contributed by atoms with Gasteiger partial charge in [-0.3, -0.25) is 0 Å². The van der Waals surface area contributed by atoms with E-state index in [2.05, 4.69) is 32.5 Å². The summed E-state index contributed by atoms with van der Waals surface area (Å²) in [7, 11) is 0. The molecule has 116 valence electrons. The molecular formula is C15H21N7. The summed E-state index contributed by atoms with van der Waals surface area (Å²) in [6.45, 7) is 3.42. The van der Waals surface area contributed by atoms with E-state index in [9.17, 15) is 0 Å². The van der Waals surface area contributed by atoms with Crippen LogP contribution in [0.3, 0.4) is 0 Å². The average Bonchev–Trinajstić information content (AvgIpc) is 3.13. The van der Waals surface area contributed by atoms with Crippen molar-refractivity contribution in [3.63, 3.8) is 0 Å². The highest BCUT2D eigenvalue weighted by molar-refractivity contribution is 5.86. The molecule has 4 rings (SSSR count). The van der Waals surface area contributed by atoms with Crippen LogP contribution in [0.4, 0.5) is 0 Å². The van der Waals surface area contributed by atoms with Gasteiger partial charge in [-0.25, -0.2) is 10.0 Å². The third-order valence-corrected chi connectivity index (χ3v) is 4.55. The van der Waals surface area contributed by atoms with Gasteiger partial charge < -0.3 is 21.7 Å². The monoisotopic (exact) mass is 299 g/mol. The Bertz CT molecular complexity index is 636. The van der Waals surface area contributed by atoms with Crippen LogP contribution in [-0.4, -0.2) is 47.4 Å². The highest BCUT2D eigenvalue weighted by Crippen LogP contribution is 2.32. The maximum absolute atomic E-state index is 6.53. The number of hydrogen-bond donors (Lipinski definition) is 3. The molecule has 0 aromatic carbocycles. The Labute approximate surface area is 129 Å². The summed E-state index contributed by atoms with van der Waals surface area (Å²) in [4.78, 5) is 6.94. The molecule has 0 amide bonds. The van der Waals surface area contributed by atoms with Crippen molar-refractivity contribution in [2.45, 2.75) is 24.8 Å². The van der Waals surface area contributed by atoms with Gasteiger partial charge in [-0.05, 0) is 38.4 Å². The number of nitrogens with one attached hydrogen (secondary N) is 1. The Kier molecular flexibility index (Phi) is 3.05. The van der Waals surface area contributed by atoms with E-state index in [1.165, 1.54) is 25.9 Å². The summed E-state index contributed by atoms with van der Waals surface area (Å²) in [5.74, 6) is 1.22. The normalized spacial score (nSPS) is 30.1. The van der Waals surface area contributed by atoms with Crippen molar-refractivity contribution in [2.24, 2.45) is 21.6 Å². The first kappa shape index (κ1) is 13.5. The third-order valence-electron chi connectivity index (χ3n) is 4.55. The molecule has 1 aliphatic carbocycles. The first-order chi connectivity index (χ1) is 10.6. The molecule has 7 nitrogen and oxygen atoms in total. The van der Waals surface area contributed by atoms with E-state index in [4.69, 9.17) is 11.5 Å². The number of likely N-dealkylation sites (tertiary alicyclic amines) is 1. The third kappa shape index (κ3) is 2.32. The van der Waals surface area contributed by atoms with E-state index in [-0.39, 0.29) is 0 Å². The molecule has 0 saturated carbocycles. The predicted octanol–water partition coefficient (Wildman–Crippen LogP) is 0.0119. The predicted molar refractivity (Wildman–Crippen MR) is 86.5 cm³/mol. The zero-order valence-corrected chi connectivity index (χ0v) is 12.5. The number of hydrogen-bond acceptors (Lipinski definition) is 7. The van der Waals surface area contributed by atoms with Gasteiger partial charge in [0, 0.05) is 12.1 Å². The molecule has 1 unspecified atom stereocenters. The van der Waals surface area contributed by atoms with E-state index in [1.807, 2.05) is 6.08 Å². The van der Waals surface area contributed by atoms with Crippen LogP contribution in [-0.2, 0) is 0 Å². The van der Waals surface area contributed by atoms with Crippen LogP contribution in [0.1, 0.15) is 19.3 Å². The Balaban J connectivity index is 1.53. The van der Waals surface area contributed by atoms with E-state index < -0.39 is 5.54 Å². The van der Waals surface area contributed by atoms with Gasteiger partial charge >= 0.3 is 0 Å². The molecule has 0 aromatic heterocycles. The number of fused-ring (bicyclic) bond motifs is 2. The quantitative estimate of drug-likeness (QED) is 0.682. The summed E-state index contributed by atoms with van der Waals surface area (Å²) in [6, 6.07) is 0. The highest BCUT2D eigenvalue weighted by Gasteiger charge is 2.31. The molecule has 0 aromatic rings. The van der Waals surface area contributed by atoms with Gasteiger partial charge in [-0.1, -0.05) is 12.2 Å². The summed E-state index contributed by atoms with van der Waals surface area (Å²) in [5, 5.41) is 8.85. The summed E-state index contributed by atoms with van der Waals surface area (Å²) in [5.41, 5.74) is 13.7.